The first kappa shape index (κ1) is 32.2. The van der Waals surface area contributed by atoms with E-state index in [1.807, 2.05) is 0 Å². The van der Waals surface area contributed by atoms with Crippen molar-refractivity contribution in [3.63, 3.8) is 0 Å². The molecule has 238 valence electrons. The minimum Gasteiger partial charge on any atom is -0.432 e. The van der Waals surface area contributed by atoms with Gasteiger partial charge in [-0.3, -0.25) is 0 Å². The zero-order chi connectivity index (χ0) is 31.4. The lowest BCUT2D eigenvalue weighted by atomic mass is 9.78. The molecule has 5 rings (SSSR count). The van der Waals surface area contributed by atoms with E-state index in [0.717, 1.165) is 25.0 Å². The van der Waals surface area contributed by atoms with E-state index in [9.17, 15) is 17.6 Å². The number of rotatable bonds is 10. The Kier molecular flexibility index (Phi) is 10.2. The maximum absolute atomic E-state index is 15.1. The van der Waals surface area contributed by atoms with E-state index in [1.54, 1.807) is 12.1 Å². The molecule has 0 amide bonds. The van der Waals surface area contributed by atoms with Crippen LogP contribution in [0, 0.1) is 35.0 Å². The Balaban J connectivity index is 1.16. The number of hydrogen-bond acceptors (Lipinski definition) is 4. The molecule has 0 spiro atoms. The molecule has 0 atom stereocenters. The van der Waals surface area contributed by atoms with Crippen molar-refractivity contribution in [3.8, 4) is 16.9 Å². The normalized spacial score (nSPS) is 22.6. The van der Waals surface area contributed by atoms with Crippen molar-refractivity contribution in [3.05, 3.63) is 88.7 Å². The maximum Gasteiger partial charge on any atom is 0.400 e. The Morgan fingerprint density at radius 1 is 0.795 bits per heavy atom. The lowest BCUT2D eigenvalue weighted by molar-refractivity contribution is -0.230. The van der Waals surface area contributed by atoms with Crippen LogP contribution in [0.4, 0.5) is 30.7 Å². The van der Waals surface area contributed by atoms with Crippen LogP contribution in [-0.4, -0.2) is 32.0 Å². The lowest BCUT2D eigenvalue weighted by Crippen LogP contribution is -2.37. The van der Waals surface area contributed by atoms with Gasteiger partial charge in [-0.2, -0.15) is 8.78 Å². The van der Waals surface area contributed by atoms with Gasteiger partial charge < -0.3 is 18.9 Å². The van der Waals surface area contributed by atoms with Crippen LogP contribution in [0.25, 0.3) is 11.1 Å². The van der Waals surface area contributed by atoms with E-state index in [2.05, 4.69) is 6.92 Å². The topological polar surface area (TPSA) is 36.9 Å². The highest BCUT2D eigenvalue weighted by Crippen LogP contribution is 2.44. The molecule has 1 aliphatic heterocycles. The van der Waals surface area contributed by atoms with Gasteiger partial charge in [0.05, 0.1) is 19.1 Å². The first-order valence-corrected chi connectivity index (χ1v) is 14.7. The van der Waals surface area contributed by atoms with Crippen molar-refractivity contribution in [2.75, 3.05) is 19.8 Å². The highest BCUT2D eigenvalue weighted by atomic mass is 19.3. The van der Waals surface area contributed by atoms with Crippen molar-refractivity contribution in [1.82, 2.24) is 0 Å². The maximum atomic E-state index is 15.1. The molecule has 0 bridgehead atoms. The summed E-state index contributed by atoms with van der Waals surface area (Å²) in [5.74, 6) is -8.19. The SMILES string of the molecule is CCCCOC1COC(c2ccc(C3CCC(C(F)(F)Oc4ccc(-c5cc(F)c(F)c(F)c5)c(F)c4)CC3)c(F)c2)OC1. The molecule has 0 unspecified atom stereocenters. The van der Waals surface area contributed by atoms with Gasteiger partial charge in [0.1, 0.15) is 23.5 Å². The summed E-state index contributed by atoms with van der Waals surface area (Å²) >= 11 is 0. The molecule has 3 aromatic carbocycles. The van der Waals surface area contributed by atoms with Gasteiger partial charge >= 0.3 is 6.11 Å². The van der Waals surface area contributed by atoms with Crippen LogP contribution in [0.5, 0.6) is 5.75 Å². The summed E-state index contributed by atoms with van der Waals surface area (Å²) in [4.78, 5) is 0. The monoisotopic (exact) mass is 626 g/mol. The Hall–Kier alpha value is -3.15. The first-order valence-electron chi connectivity index (χ1n) is 14.7. The van der Waals surface area contributed by atoms with Crippen LogP contribution in [0.2, 0.25) is 0 Å². The van der Waals surface area contributed by atoms with E-state index in [0.29, 0.717) is 62.0 Å². The van der Waals surface area contributed by atoms with Crippen LogP contribution in [0.3, 0.4) is 0 Å². The minimum absolute atomic E-state index is 0.0435. The van der Waals surface area contributed by atoms with E-state index in [1.165, 1.54) is 6.07 Å². The second kappa shape index (κ2) is 13.9. The zero-order valence-electron chi connectivity index (χ0n) is 24.1. The van der Waals surface area contributed by atoms with E-state index < -0.39 is 53.2 Å². The van der Waals surface area contributed by atoms with Crippen molar-refractivity contribution >= 4 is 0 Å². The molecule has 0 N–H and O–H groups in total. The molecular formula is C33H33F7O4. The molecule has 0 radical (unpaired) electrons. The third kappa shape index (κ3) is 7.38. The number of alkyl halides is 2. The summed E-state index contributed by atoms with van der Waals surface area (Å²) < 4.78 is 122. The minimum atomic E-state index is -3.65. The molecule has 44 heavy (non-hydrogen) atoms. The van der Waals surface area contributed by atoms with Crippen molar-refractivity contribution < 1.29 is 49.7 Å². The first-order chi connectivity index (χ1) is 21.1. The average molecular weight is 627 g/mol. The molecule has 1 saturated heterocycles. The van der Waals surface area contributed by atoms with Gasteiger partial charge in [-0.1, -0.05) is 25.5 Å². The van der Waals surface area contributed by atoms with Crippen LogP contribution in [-0.2, 0) is 14.2 Å². The van der Waals surface area contributed by atoms with Crippen molar-refractivity contribution in [2.24, 2.45) is 5.92 Å². The van der Waals surface area contributed by atoms with E-state index >= 15 is 13.2 Å². The fourth-order valence-corrected chi connectivity index (χ4v) is 5.68. The molecule has 1 heterocycles. The van der Waals surface area contributed by atoms with Gasteiger partial charge in [-0.05, 0) is 79.5 Å². The van der Waals surface area contributed by atoms with E-state index in [-0.39, 0.29) is 36.0 Å². The third-order valence-electron chi connectivity index (χ3n) is 8.15. The van der Waals surface area contributed by atoms with Crippen LogP contribution < -0.4 is 4.74 Å². The number of halogens is 7. The van der Waals surface area contributed by atoms with Gasteiger partial charge in [-0.25, -0.2) is 22.0 Å². The number of ether oxygens (including phenoxy) is 4. The van der Waals surface area contributed by atoms with Gasteiger partial charge in [0.25, 0.3) is 0 Å². The standard InChI is InChI=1S/C33H33F7O4/c1-2-3-12-41-24-17-42-32(43-18-24)20-6-10-25(27(34)13-20)19-4-7-22(8-5-19)33(39,40)44-23-9-11-26(28(35)16-23)21-14-29(36)31(38)30(37)15-21/h6,9-11,13-16,19,22,24,32H,2-5,7-8,12,17-18H2,1H3. The summed E-state index contributed by atoms with van der Waals surface area (Å²) in [6.07, 6.45) is -1.89. The number of benzene rings is 3. The molecule has 2 fully saturated rings. The lowest BCUT2D eigenvalue weighted by Gasteiger charge is -2.34. The molecule has 0 aromatic heterocycles. The fourth-order valence-electron chi connectivity index (χ4n) is 5.68. The molecule has 11 heteroatoms. The Labute approximate surface area is 251 Å². The molecule has 4 nitrogen and oxygen atoms in total. The van der Waals surface area contributed by atoms with Crippen LogP contribution in [0.15, 0.2) is 48.5 Å². The quantitative estimate of drug-likeness (QED) is 0.128. The smallest absolute Gasteiger partial charge is 0.400 e. The fraction of sp³-hybridized carbons (Fsp3) is 0.455. The molecular weight excluding hydrogens is 593 g/mol. The summed E-state index contributed by atoms with van der Waals surface area (Å²) in [5, 5.41) is 0. The largest absolute Gasteiger partial charge is 0.432 e. The summed E-state index contributed by atoms with van der Waals surface area (Å²) in [6.45, 7) is 3.37. The predicted octanol–water partition coefficient (Wildman–Crippen LogP) is 9.23. The highest BCUT2D eigenvalue weighted by molar-refractivity contribution is 5.65. The van der Waals surface area contributed by atoms with Crippen molar-refractivity contribution in [1.29, 1.82) is 0 Å². The van der Waals surface area contributed by atoms with Crippen LogP contribution in [0.1, 0.15) is 68.8 Å². The molecule has 1 aliphatic carbocycles. The molecule has 3 aromatic rings. The number of hydrogen-bond donors (Lipinski definition) is 0. The predicted molar refractivity (Wildman–Crippen MR) is 148 cm³/mol. The summed E-state index contributed by atoms with van der Waals surface area (Å²) in [6, 6.07) is 8.70. The third-order valence-corrected chi connectivity index (χ3v) is 8.15. The molecule has 1 saturated carbocycles. The van der Waals surface area contributed by atoms with Crippen molar-refractivity contribution in [2.45, 2.75) is 69.9 Å². The van der Waals surface area contributed by atoms with Gasteiger partial charge in [0.15, 0.2) is 23.7 Å². The summed E-state index contributed by atoms with van der Waals surface area (Å²) in [7, 11) is 0. The second-order valence-corrected chi connectivity index (χ2v) is 11.2. The van der Waals surface area contributed by atoms with Gasteiger partial charge in [0.2, 0.25) is 0 Å². The van der Waals surface area contributed by atoms with E-state index in [4.69, 9.17) is 18.9 Å². The summed E-state index contributed by atoms with van der Waals surface area (Å²) in [5.41, 5.74) is 0.351. The Bertz CT molecular complexity index is 1410. The van der Waals surface area contributed by atoms with Crippen LogP contribution >= 0.6 is 0 Å². The highest BCUT2D eigenvalue weighted by Gasteiger charge is 2.44. The van der Waals surface area contributed by atoms with Gasteiger partial charge in [0, 0.05) is 23.8 Å². The molecule has 2 aliphatic rings. The number of unbranched alkanes of at least 4 members (excludes halogenated alkanes) is 1. The zero-order valence-corrected chi connectivity index (χ0v) is 24.1. The second-order valence-electron chi connectivity index (χ2n) is 11.2. The Morgan fingerprint density at radius 3 is 2.09 bits per heavy atom. The Morgan fingerprint density at radius 2 is 1.48 bits per heavy atom. The average Bonchev–Trinajstić information content (AvgIpc) is 3.00. The van der Waals surface area contributed by atoms with Gasteiger partial charge in [-0.15, -0.1) is 0 Å².